The lowest BCUT2D eigenvalue weighted by molar-refractivity contribution is -0.112. The van der Waals surface area contributed by atoms with Crippen LogP contribution in [0.5, 0.6) is 5.75 Å². The number of rotatable bonds is 3. The van der Waals surface area contributed by atoms with E-state index in [-0.39, 0.29) is 11.7 Å². The minimum Gasteiger partial charge on any atom is -0.508 e. The van der Waals surface area contributed by atoms with Gasteiger partial charge in [-0.15, -0.1) is 0 Å². The summed E-state index contributed by atoms with van der Waals surface area (Å²) in [5, 5.41) is 10.4. The Kier molecular flexibility index (Phi) is 5.09. The predicted octanol–water partition coefficient (Wildman–Crippen LogP) is 4.43. The molecule has 3 aromatic rings. The van der Waals surface area contributed by atoms with E-state index in [1.807, 2.05) is 56.3 Å². The van der Waals surface area contributed by atoms with Crippen molar-refractivity contribution in [2.45, 2.75) is 20.8 Å². The van der Waals surface area contributed by atoms with E-state index in [0.29, 0.717) is 16.8 Å². The second kappa shape index (κ2) is 7.74. The minimum atomic E-state index is -0.472. The number of hydrogen-bond acceptors (Lipinski definition) is 4. The Morgan fingerprint density at radius 2 is 1.65 bits per heavy atom. The Labute approximate surface area is 180 Å². The summed E-state index contributed by atoms with van der Waals surface area (Å²) in [6.45, 7) is 5.69. The van der Waals surface area contributed by atoms with Crippen molar-refractivity contribution in [3.8, 4) is 5.75 Å². The smallest absolute Gasteiger partial charge is 0.272 e. The van der Waals surface area contributed by atoms with E-state index < -0.39 is 5.91 Å². The van der Waals surface area contributed by atoms with Crippen molar-refractivity contribution in [3.05, 3.63) is 94.7 Å². The lowest BCUT2D eigenvalue weighted by Gasteiger charge is -2.20. The van der Waals surface area contributed by atoms with E-state index in [9.17, 15) is 14.7 Å². The van der Waals surface area contributed by atoms with Crippen LogP contribution in [0, 0.1) is 13.8 Å². The number of carbonyl (C=O) groups is 2. The maximum atomic E-state index is 13.6. The van der Waals surface area contributed by atoms with Crippen molar-refractivity contribution in [2.24, 2.45) is 5.84 Å². The molecule has 6 nitrogen and oxygen atoms in total. The molecule has 1 heterocycles. The first-order valence-corrected chi connectivity index (χ1v) is 9.89. The topological polar surface area (TPSA) is 86.9 Å². The zero-order valence-electron chi connectivity index (χ0n) is 17.6. The zero-order valence-corrected chi connectivity index (χ0v) is 17.6. The number of fused-ring (bicyclic) bond motifs is 1. The summed E-state index contributed by atoms with van der Waals surface area (Å²) in [6, 6.07) is 19.1. The number of hydrazine groups is 1. The zero-order chi connectivity index (χ0) is 22.3. The molecule has 1 aliphatic heterocycles. The standard InChI is InChI=1S/C25H23N3O3/c1-15-8-11-19(14-16(15)2)27-22-7-5-4-6-21(22)23(25(27)31)17(3)28(26)24(30)18-9-12-20(29)13-10-18/h4-14,29H,26H2,1-3H3/b23-17+. The van der Waals surface area contributed by atoms with E-state index in [2.05, 4.69) is 0 Å². The summed E-state index contributed by atoms with van der Waals surface area (Å²) in [5.41, 5.74) is 5.49. The molecule has 0 aliphatic carbocycles. The second-order valence-corrected chi connectivity index (χ2v) is 7.61. The number of aromatic hydroxyl groups is 1. The fourth-order valence-electron chi connectivity index (χ4n) is 3.70. The number of nitrogens with two attached hydrogens (primary N) is 1. The van der Waals surface area contributed by atoms with Crippen LogP contribution in [-0.2, 0) is 4.79 Å². The average Bonchev–Trinajstić information content (AvgIpc) is 3.06. The summed E-state index contributed by atoms with van der Waals surface area (Å²) in [4.78, 5) is 28.1. The van der Waals surface area contributed by atoms with Crippen molar-refractivity contribution in [2.75, 3.05) is 4.90 Å². The Morgan fingerprint density at radius 1 is 0.968 bits per heavy atom. The number of phenols is 1. The van der Waals surface area contributed by atoms with Gasteiger partial charge in [0.1, 0.15) is 5.75 Å². The van der Waals surface area contributed by atoms with Crippen LogP contribution < -0.4 is 10.7 Å². The first kappa shape index (κ1) is 20.4. The lowest BCUT2D eigenvalue weighted by atomic mass is 10.0. The first-order chi connectivity index (χ1) is 14.8. The fourth-order valence-corrected chi connectivity index (χ4v) is 3.70. The van der Waals surface area contributed by atoms with Crippen molar-refractivity contribution in [1.82, 2.24) is 5.01 Å². The molecule has 31 heavy (non-hydrogen) atoms. The monoisotopic (exact) mass is 413 g/mol. The van der Waals surface area contributed by atoms with Gasteiger partial charge in [0.05, 0.1) is 11.3 Å². The van der Waals surface area contributed by atoms with Crippen LogP contribution in [0.2, 0.25) is 0 Å². The molecule has 3 N–H and O–H groups in total. The molecule has 0 saturated carbocycles. The highest BCUT2D eigenvalue weighted by Gasteiger charge is 2.36. The molecule has 0 fully saturated rings. The third kappa shape index (κ3) is 3.47. The number of aryl methyl sites for hydroxylation is 2. The van der Waals surface area contributed by atoms with Gasteiger partial charge in [0.25, 0.3) is 11.8 Å². The average molecular weight is 413 g/mol. The predicted molar refractivity (Wildman–Crippen MR) is 121 cm³/mol. The molecule has 2 amide bonds. The number of para-hydroxylation sites is 1. The van der Waals surface area contributed by atoms with Crippen LogP contribution in [0.15, 0.2) is 72.4 Å². The molecule has 0 unspecified atom stereocenters. The molecule has 0 radical (unpaired) electrons. The second-order valence-electron chi connectivity index (χ2n) is 7.61. The van der Waals surface area contributed by atoms with E-state index in [4.69, 9.17) is 5.84 Å². The largest absolute Gasteiger partial charge is 0.508 e. The number of nitrogens with zero attached hydrogens (tertiary/aromatic N) is 2. The number of carbonyl (C=O) groups excluding carboxylic acids is 2. The number of amides is 2. The molecule has 156 valence electrons. The van der Waals surface area contributed by atoms with Gasteiger partial charge in [-0.25, -0.2) is 10.9 Å². The summed E-state index contributed by atoms with van der Waals surface area (Å²) in [7, 11) is 0. The van der Waals surface area contributed by atoms with Gasteiger partial charge in [0.15, 0.2) is 0 Å². The first-order valence-electron chi connectivity index (χ1n) is 9.89. The Balaban J connectivity index is 1.79. The summed E-state index contributed by atoms with van der Waals surface area (Å²) >= 11 is 0. The number of allylic oxidation sites excluding steroid dienone is 1. The highest BCUT2D eigenvalue weighted by molar-refractivity contribution is 6.35. The van der Waals surface area contributed by atoms with Gasteiger partial charge < -0.3 is 5.11 Å². The van der Waals surface area contributed by atoms with Gasteiger partial charge in [-0.2, -0.15) is 0 Å². The Bertz CT molecular complexity index is 1230. The number of hydrogen-bond donors (Lipinski definition) is 2. The van der Waals surface area contributed by atoms with Crippen LogP contribution in [0.3, 0.4) is 0 Å². The van der Waals surface area contributed by atoms with Gasteiger partial charge in [0.2, 0.25) is 0 Å². The number of benzene rings is 3. The summed E-state index contributed by atoms with van der Waals surface area (Å²) in [6.07, 6.45) is 0. The van der Waals surface area contributed by atoms with E-state index in [1.165, 1.54) is 24.3 Å². The molecule has 0 aromatic heterocycles. The van der Waals surface area contributed by atoms with E-state index in [1.54, 1.807) is 11.8 Å². The molecular formula is C25H23N3O3. The molecule has 3 aromatic carbocycles. The highest BCUT2D eigenvalue weighted by Crippen LogP contribution is 2.43. The van der Waals surface area contributed by atoms with Gasteiger partial charge >= 0.3 is 0 Å². The molecule has 0 bridgehead atoms. The third-order valence-corrected chi connectivity index (χ3v) is 5.64. The van der Waals surface area contributed by atoms with Gasteiger partial charge in [0, 0.05) is 22.5 Å². The molecular weight excluding hydrogens is 390 g/mol. The fraction of sp³-hybridized carbons (Fsp3) is 0.120. The Morgan fingerprint density at radius 3 is 2.32 bits per heavy atom. The van der Waals surface area contributed by atoms with Crippen LogP contribution >= 0.6 is 0 Å². The maximum Gasteiger partial charge on any atom is 0.272 e. The SMILES string of the molecule is C/C(=C1\C(=O)N(c2ccc(C)c(C)c2)c2ccccc21)N(N)C(=O)c1ccc(O)cc1. The molecule has 0 spiro atoms. The Hall–Kier alpha value is -3.90. The van der Waals surface area contributed by atoms with Crippen molar-refractivity contribution in [3.63, 3.8) is 0 Å². The lowest BCUT2D eigenvalue weighted by Crippen LogP contribution is -2.37. The van der Waals surface area contributed by atoms with Crippen LogP contribution in [0.25, 0.3) is 5.57 Å². The van der Waals surface area contributed by atoms with Crippen LogP contribution in [0.4, 0.5) is 11.4 Å². The molecule has 0 atom stereocenters. The van der Waals surface area contributed by atoms with Gasteiger partial charge in [-0.1, -0.05) is 24.3 Å². The number of phenolic OH excluding ortho intramolecular Hbond substituents is 1. The quantitative estimate of drug-likeness (QED) is 0.288. The van der Waals surface area contributed by atoms with E-state index in [0.717, 1.165) is 33.1 Å². The van der Waals surface area contributed by atoms with Crippen LogP contribution in [0.1, 0.15) is 34.0 Å². The normalized spacial score (nSPS) is 14.5. The summed E-state index contributed by atoms with van der Waals surface area (Å²) in [5.74, 6) is 5.49. The van der Waals surface area contributed by atoms with Gasteiger partial charge in [-0.05, 0) is 74.4 Å². The molecule has 0 saturated heterocycles. The molecule has 4 rings (SSSR count). The summed E-state index contributed by atoms with van der Waals surface area (Å²) < 4.78 is 0. The van der Waals surface area contributed by atoms with Crippen molar-refractivity contribution >= 4 is 28.8 Å². The molecule has 6 heteroatoms. The minimum absolute atomic E-state index is 0.0547. The number of anilines is 2. The van der Waals surface area contributed by atoms with Crippen LogP contribution in [-0.4, -0.2) is 21.9 Å². The van der Waals surface area contributed by atoms with E-state index >= 15 is 0 Å². The maximum absolute atomic E-state index is 13.6. The van der Waals surface area contributed by atoms with Crippen molar-refractivity contribution < 1.29 is 14.7 Å². The molecule has 1 aliphatic rings. The third-order valence-electron chi connectivity index (χ3n) is 5.64. The van der Waals surface area contributed by atoms with Gasteiger partial charge in [-0.3, -0.25) is 14.5 Å². The van der Waals surface area contributed by atoms with Crippen molar-refractivity contribution in [1.29, 1.82) is 0 Å². The highest BCUT2D eigenvalue weighted by atomic mass is 16.3.